The molecule has 2 rings (SSSR count). The summed E-state index contributed by atoms with van der Waals surface area (Å²) in [4.78, 5) is 27.9. The number of nitrogens with one attached hydrogen (secondary N) is 1. The summed E-state index contributed by atoms with van der Waals surface area (Å²) in [5.41, 5.74) is 3.24. The molecule has 0 saturated carbocycles. The van der Waals surface area contributed by atoms with E-state index >= 15 is 0 Å². The number of rotatable bonds is 11. The van der Waals surface area contributed by atoms with Gasteiger partial charge in [0.1, 0.15) is 6.04 Å². The topological polar surface area (TPSA) is 49.4 Å². The van der Waals surface area contributed by atoms with Gasteiger partial charge in [0.25, 0.3) is 0 Å². The fourth-order valence-electron chi connectivity index (χ4n) is 3.19. The fourth-order valence-corrected chi connectivity index (χ4v) is 4.26. The number of carbonyl (C=O) groups excluding carboxylic acids is 2. The number of halogens is 1. The maximum absolute atomic E-state index is 13.2. The largest absolute Gasteiger partial charge is 0.352 e. The Balaban J connectivity index is 2.14. The average molecular weight is 461 g/mol. The van der Waals surface area contributed by atoms with Crippen LogP contribution in [0.3, 0.4) is 0 Å². The summed E-state index contributed by atoms with van der Waals surface area (Å²) in [7, 11) is 0. The van der Waals surface area contributed by atoms with Gasteiger partial charge < -0.3 is 10.2 Å². The van der Waals surface area contributed by atoms with Gasteiger partial charge in [-0.2, -0.15) is 0 Å². The number of hydrogen-bond acceptors (Lipinski definition) is 3. The van der Waals surface area contributed by atoms with E-state index < -0.39 is 6.04 Å². The first-order valence-corrected chi connectivity index (χ1v) is 12.4. The molecule has 0 spiro atoms. The van der Waals surface area contributed by atoms with Gasteiger partial charge in [0.05, 0.1) is 5.75 Å². The molecule has 0 radical (unpaired) electrons. The van der Waals surface area contributed by atoms with E-state index in [-0.39, 0.29) is 17.9 Å². The number of aryl methyl sites for hydroxylation is 1. The molecular formula is C25H33ClN2O2S. The Morgan fingerprint density at radius 3 is 2.35 bits per heavy atom. The van der Waals surface area contributed by atoms with Crippen molar-refractivity contribution >= 4 is 35.2 Å². The van der Waals surface area contributed by atoms with Crippen molar-refractivity contribution in [3.63, 3.8) is 0 Å². The Hall–Kier alpha value is -1.98. The molecule has 0 aliphatic rings. The predicted molar refractivity (Wildman–Crippen MR) is 131 cm³/mol. The molecule has 0 aliphatic carbocycles. The van der Waals surface area contributed by atoms with E-state index in [2.05, 4.69) is 36.5 Å². The van der Waals surface area contributed by atoms with Crippen LogP contribution in [0.15, 0.2) is 48.5 Å². The van der Waals surface area contributed by atoms with Crippen molar-refractivity contribution in [2.45, 2.75) is 64.9 Å². The number of benzene rings is 2. The van der Waals surface area contributed by atoms with E-state index in [1.54, 1.807) is 16.7 Å². The summed E-state index contributed by atoms with van der Waals surface area (Å²) in [6.07, 6.45) is 1.38. The van der Waals surface area contributed by atoms with Crippen molar-refractivity contribution in [1.29, 1.82) is 0 Å². The van der Waals surface area contributed by atoms with E-state index in [1.165, 1.54) is 11.1 Å². The average Bonchev–Trinajstić information content (AvgIpc) is 2.76. The van der Waals surface area contributed by atoms with Gasteiger partial charge in [-0.1, -0.05) is 73.5 Å². The summed E-state index contributed by atoms with van der Waals surface area (Å²) >= 11 is 7.93. The molecule has 1 N–H and O–H groups in total. The first kappa shape index (κ1) is 25.3. The molecule has 168 valence electrons. The summed E-state index contributed by atoms with van der Waals surface area (Å²) in [6, 6.07) is 15.3. The Morgan fingerprint density at radius 2 is 1.74 bits per heavy atom. The minimum atomic E-state index is -0.530. The van der Waals surface area contributed by atoms with E-state index in [1.807, 2.05) is 45.0 Å². The zero-order chi connectivity index (χ0) is 22.8. The highest BCUT2D eigenvalue weighted by Gasteiger charge is 2.29. The zero-order valence-corrected chi connectivity index (χ0v) is 20.4. The Kier molecular flexibility index (Phi) is 10.4. The van der Waals surface area contributed by atoms with Crippen LogP contribution in [0.2, 0.25) is 5.02 Å². The Morgan fingerprint density at radius 1 is 1.06 bits per heavy atom. The molecule has 4 nitrogen and oxygen atoms in total. The highest BCUT2D eigenvalue weighted by molar-refractivity contribution is 7.99. The van der Waals surface area contributed by atoms with Crippen molar-refractivity contribution in [2.75, 3.05) is 5.75 Å². The fraction of sp³-hybridized carbons (Fsp3) is 0.440. The van der Waals surface area contributed by atoms with Crippen molar-refractivity contribution in [3.05, 3.63) is 70.2 Å². The van der Waals surface area contributed by atoms with Gasteiger partial charge in [-0.3, -0.25) is 9.59 Å². The molecule has 2 aromatic rings. The van der Waals surface area contributed by atoms with Crippen LogP contribution in [-0.4, -0.2) is 34.6 Å². The molecule has 0 fully saturated rings. The third kappa shape index (κ3) is 7.89. The standard InChI is InChI=1S/C25H33ClN2O2S/c1-5-19(4)27-25(30)23(6-2)28(15-21-9-7-8-10-22(21)26)24(29)17-31-16-20-13-11-18(3)12-14-20/h7-14,19,23H,5-6,15-17H2,1-4H3,(H,27,30)/t19-,23-/m1/s1. The lowest BCUT2D eigenvalue weighted by molar-refractivity contribution is -0.139. The number of hydrogen-bond donors (Lipinski definition) is 1. The van der Waals surface area contributed by atoms with Crippen LogP contribution in [-0.2, 0) is 21.9 Å². The second-order valence-electron chi connectivity index (χ2n) is 7.83. The van der Waals surface area contributed by atoms with Gasteiger partial charge in [-0.25, -0.2) is 0 Å². The van der Waals surface area contributed by atoms with Crippen LogP contribution in [0.4, 0.5) is 0 Å². The lowest BCUT2D eigenvalue weighted by Gasteiger charge is -2.31. The van der Waals surface area contributed by atoms with E-state index in [0.717, 1.165) is 17.7 Å². The lowest BCUT2D eigenvalue weighted by Crippen LogP contribution is -2.51. The van der Waals surface area contributed by atoms with Crippen molar-refractivity contribution in [1.82, 2.24) is 10.2 Å². The summed E-state index contributed by atoms with van der Waals surface area (Å²) in [5.74, 6) is 0.900. The van der Waals surface area contributed by atoms with Crippen LogP contribution in [0.5, 0.6) is 0 Å². The first-order chi connectivity index (χ1) is 14.8. The lowest BCUT2D eigenvalue weighted by atomic mass is 10.1. The van der Waals surface area contributed by atoms with Crippen molar-refractivity contribution in [3.8, 4) is 0 Å². The molecule has 0 bridgehead atoms. The summed E-state index contributed by atoms with van der Waals surface area (Å²) in [6.45, 7) is 8.31. The molecule has 0 aromatic heterocycles. The normalized spacial score (nSPS) is 12.8. The molecule has 0 unspecified atom stereocenters. The molecule has 0 heterocycles. The van der Waals surface area contributed by atoms with Gasteiger partial charge in [0.2, 0.25) is 11.8 Å². The van der Waals surface area contributed by atoms with Crippen LogP contribution < -0.4 is 5.32 Å². The second kappa shape index (κ2) is 12.8. The summed E-state index contributed by atoms with van der Waals surface area (Å²) in [5, 5.41) is 3.63. The highest BCUT2D eigenvalue weighted by Crippen LogP contribution is 2.21. The van der Waals surface area contributed by atoms with Gasteiger partial charge in [0, 0.05) is 23.4 Å². The molecular weight excluding hydrogens is 428 g/mol. The highest BCUT2D eigenvalue weighted by atomic mass is 35.5. The van der Waals surface area contributed by atoms with Crippen molar-refractivity contribution < 1.29 is 9.59 Å². The molecule has 31 heavy (non-hydrogen) atoms. The maximum atomic E-state index is 13.2. The summed E-state index contributed by atoms with van der Waals surface area (Å²) < 4.78 is 0. The predicted octanol–water partition coefficient (Wildman–Crippen LogP) is 5.60. The van der Waals surface area contributed by atoms with E-state index in [4.69, 9.17) is 11.6 Å². The third-order valence-electron chi connectivity index (χ3n) is 5.30. The van der Waals surface area contributed by atoms with Crippen LogP contribution in [0.1, 0.15) is 50.3 Å². The monoisotopic (exact) mass is 460 g/mol. The smallest absolute Gasteiger partial charge is 0.243 e. The number of nitrogens with zero attached hydrogens (tertiary/aromatic N) is 1. The van der Waals surface area contributed by atoms with Gasteiger partial charge in [-0.05, 0) is 43.9 Å². The molecule has 2 aromatic carbocycles. The van der Waals surface area contributed by atoms with E-state index in [9.17, 15) is 9.59 Å². The zero-order valence-electron chi connectivity index (χ0n) is 18.9. The molecule has 0 saturated heterocycles. The van der Waals surface area contributed by atoms with Crippen molar-refractivity contribution in [2.24, 2.45) is 0 Å². The van der Waals surface area contributed by atoms with Crippen LogP contribution >= 0.6 is 23.4 Å². The Bertz CT molecular complexity index is 857. The maximum Gasteiger partial charge on any atom is 0.243 e. The van der Waals surface area contributed by atoms with Gasteiger partial charge >= 0.3 is 0 Å². The molecule has 0 aliphatic heterocycles. The third-order valence-corrected chi connectivity index (χ3v) is 6.66. The molecule has 6 heteroatoms. The number of carbonyl (C=O) groups is 2. The van der Waals surface area contributed by atoms with Gasteiger partial charge in [-0.15, -0.1) is 11.8 Å². The van der Waals surface area contributed by atoms with E-state index in [0.29, 0.717) is 23.7 Å². The van der Waals surface area contributed by atoms with Gasteiger partial charge in [0.15, 0.2) is 0 Å². The quantitative estimate of drug-likeness (QED) is 0.474. The number of thioether (sulfide) groups is 1. The second-order valence-corrected chi connectivity index (χ2v) is 9.23. The SMILES string of the molecule is CC[C@@H](C)NC(=O)[C@@H](CC)N(Cc1ccccc1Cl)C(=O)CSCc1ccc(C)cc1. The molecule has 2 atom stereocenters. The minimum absolute atomic E-state index is 0.0526. The van der Waals surface area contributed by atoms with Crippen LogP contribution in [0, 0.1) is 6.92 Å². The molecule has 2 amide bonds. The number of amides is 2. The Labute approximate surface area is 195 Å². The first-order valence-electron chi connectivity index (χ1n) is 10.8. The minimum Gasteiger partial charge on any atom is -0.352 e. The van der Waals surface area contributed by atoms with Crippen LogP contribution in [0.25, 0.3) is 0 Å².